The molecule has 0 aromatic carbocycles. The standard InChI is InChI=1S/C25H32F3N7O3/c1-13(2)35-18(7-8-29-35)23(37)33-21(20(14-3-4-14)15-5-6-15)24(38)31-17-10-30-34(12-17)11-16-9-19(25(26,27)28)32-22(16)36/h7-8,10,12-16,19-21H,3-6,9,11H2,1-2H3,(H,31,38)(H,32,36)(H,33,37)/t16-,19-,21?/m0/s1. The van der Waals surface area contributed by atoms with Gasteiger partial charge in [-0.1, -0.05) is 0 Å². The van der Waals surface area contributed by atoms with Crippen molar-refractivity contribution in [3.63, 3.8) is 0 Å². The highest BCUT2D eigenvalue weighted by Crippen LogP contribution is 2.51. The predicted octanol–water partition coefficient (Wildman–Crippen LogP) is 2.90. The van der Waals surface area contributed by atoms with E-state index in [9.17, 15) is 27.6 Å². The molecule has 2 aliphatic carbocycles. The molecule has 3 fully saturated rings. The van der Waals surface area contributed by atoms with E-state index in [1.54, 1.807) is 16.9 Å². The summed E-state index contributed by atoms with van der Waals surface area (Å²) in [5.41, 5.74) is 0.723. The van der Waals surface area contributed by atoms with Crippen LogP contribution in [0.5, 0.6) is 0 Å². The highest BCUT2D eigenvalue weighted by molar-refractivity contribution is 6.00. The summed E-state index contributed by atoms with van der Waals surface area (Å²) in [4.78, 5) is 38.8. The number of carbonyl (C=O) groups is 3. The van der Waals surface area contributed by atoms with Crippen molar-refractivity contribution in [3.05, 3.63) is 30.4 Å². The number of hydrogen-bond acceptors (Lipinski definition) is 5. The Morgan fingerprint density at radius 1 is 1.16 bits per heavy atom. The van der Waals surface area contributed by atoms with Crippen LogP contribution in [0.2, 0.25) is 0 Å². The van der Waals surface area contributed by atoms with Crippen molar-refractivity contribution in [2.24, 2.45) is 23.7 Å². The summed E-state index contributed by atoms with van der Waals surface area (Å²) in [5, 5.41) is 16.1. The van der Waals surface area contributed by atoms with Crippen LogP contribution in [0.15, 0.2) is 24.7 Å². The van der Waals surface area contributed by atoms with Crippen LogP contribution in [0.25, 0.3) is 0 Å². The van der Waals surface area contributed by atoms with Gasteiger partial charge in [0.15, 0.2) is 0 Å². The first-order valence-electron chi connectivity index (χ1n) is 13.1. The molecule has 10 nitrogen and oxygen atoms in total. The summed E-state index contributed by atoms with van der Waals surface area (Å²) < 4.78 is 41.9. The van der Waals surface area contributed by atoms with Gasteiger partial charge in [-0.2, -0.15) is 23.4 Å². The van der Waals surface area contributed by atoms with Gasteiger partial charge >= 0.3 is 6.18 Å². The quantitative estimate of drug-likeness (QED) is 0.432. The highest BCUT2D eigenvalue weighted by atomic mass is 19.4. The Balaban J connectivity index is 1.28. The molecule has 206 valence electrons. The molecule has 3 heterocycles. The fourth-order valence-corrected chi connectivity index (χ4v) is 5.44. The van der Waals surface area contributed by atoms with E-state index >= 15 is 0 Å². The number of amides is 3. The van der Waals surface area contributed by atoms with Gasteiger partial charge in [-0.05, 0) is 69.8 Å². The second-order valence-electron chi connectivity index (χ2n) is 10.9. The number of anilines is 1. The molecule has 38 heavy (non-hydrogen) atoms. The number of rotatable bonds is 10. The van der Waals surface area contributed by atoms with Crippen LogP contribution >= 0.6 is 0 Å². The zero-order valence-corrected chi connectivity index (χ0v) is 21.2. The van der Waals surface area contributed by atoms with Crippen LogP contribution in [-0.2, 0) is 16.1 Å². The van der Waals surface area contributed by atoms with E-state index in [-0.39, 0.29) is 36.7 Å². The van der Waals surface area contributed by atoms with Crippen molar-refractivity contribution < 1.29 is 27.6 Å². The second-order valence-corrected chi connectivity index (χ2v) is 10.9. The molecule has 0 bridgehead atoms. The van der Waals surface area contributed by atoms with Crippen LogP contribution in [0, 0.1) is 23.7 Å². The van der Waals surface area contributed by atoms with Crippen LogP contribution < -0.4 is 16.0 Å². The summed E-state index contributed by atoms with van der Waals surface area (Å²) in [6, 6.07) is -1.03. The minimum absolute atomic E-state index is 0.0194. The largest absolute Gasteiger partial charge is 0.408 e. The lowest BCUT2D eigenvalue weighted by Gasteiger charge is -2.27. The lowest BCUT2D eigenvalue weighted by molar-refractivity contribution is -0.155. The van der Waals surface area contributed by atoms with Crippen molar-refractivity contribution in [1.82, 2.24) is 30.2 Å². The minimum Gasteiger partial charge on any atom is -0.344 e. The van der Waals surface area contributed by atoms with Gasteiger partial charge in [0, 0.05) is 18.4 Å². The van der Waals surface area contributed by atoms with Crippen LogP contribution in [0.4, 0.5) is 18.9 Å². The number of halogens is 3. The molecule has 1 unspecified atom stereocenters. The van der Waals surface area contributed by atoms with Gasteiger partial charge in [-0.25, -0.2) is 0 Å². The van der Waals surface area contributed by atoms with E-state index in [1.165, 1.54) is 17.1 Å². The van der Waals surface area contributed by atoms with Gasteiger partial charge in [-0.15, -0.1) is 0 Å². The lowest BCUT2D eigenvalue weighted by atomic mass is 9.88. The highest BCUT2D eigenvalue weighted by Gasteiger charge is 2.49. The first kappa shape index (κ1) is 26.2. The molecule has 0 spiro atoms. The molecule has 1 aliphatic heterocycles. The molecular weight excluding hydrogens is 503 g/mol. The Labute approximate surface area is 217 Å². The minimum atomic E-state index is -4.50. The molecule has 3 amide bonds. The van der Waals surface area contributed by atoms with Gasteiger partial charge in [-0.3, -0.25) is 23.7 Å². The molecule has 2 aromatic heterocycles. The Hall–Kier alpha value is -3.38. The summed E-state index contributed by atoms with van der Waals surface area (Å²) in [5.74, 6) is -1.52. The third kappa shape index (κ3) is 5.70. The van der Waals surface area contributed by atoms with Crippen molar-refractivity contribution >= 4 is 23.4 Å². The van der Waals surface area contributed by atoms with Crippen molar-refractivity contribution in [1.29, 1.82) is 0 Å². The molecule has 13 heteroatoms. The van der Waals surface area contributed by atoms with Crippen LogP contribution in [-0.4, -0.2) is 55.5 Å². The normalized spacial score (nSPS) is 22.6. The average Bonchev–Trinajstić information content (AvgIpc) is 3.73. The number of carbonyl (C=O) groups excluding carboxylic acids is 3. The number of hydrogen-bond donors (Lipinski definition) is 3. The number of alkyl halides is 3. The third-order valence-electron chi connectivity index (χ3n) is 7.59. The van der Waals surface area contributed by atoms with Gasteiger partial charge in [0.25, 0.3) is 5.91 Å². The molecule has 2 aromatic rings. The fourth-order valence-electron chi connectivity index (χ4n) is 5.44. The molecule has 3 aliphatic rings. The Bertz CT molecular complexity index is 1190. The second kappa shape index (κ2) is 10.1. The summed E-state index contributed by atoms with van der Waals surface area (Å²) >= 11 is 0. The molecule has 3 N–H and O–H groups in total. The maximum Gasteiger partial charge on any atom is 0.408 e. The maximum atomic E-state index is 13.5. The zero-order chi connectivity index (χ0) is 27.2. The molecule has 3 atom stereocenters. The first-order chi connectivity index (χ1) is 18.0. The Morgan fingerprint density at radius 3 is 2.42 bits per heavy atom. The first-order valence-corrected chi connectivity index (χ1v) is 13.1. The molecule has 1 saturated heterocycles. The van der Waals surface area contributed by atoms with Crippen LogP contribution in [0.1, 0.15) is 62.5 Å². The Kier molecular flexibility index (Phi) is 6.95. The predicted molar refractivity (Wildman–Crippen MR) is 130 cm³/mol. The summed E-state index contributed by atoms with van der Waals surface area (Å²) in [6.07, 6.45) is 3.64. The van der Waals surface area contributed by atoms with E-state index in [4.69, 9.17) is 0 Å². The summed E-state index contributed by atoms with van der Waals surface area (Å²) in [6.45, 7) is 3.79. The van der Waals surface area contributed by atoms with Gasteiger partial charge < -0.3 is 16.0 Å². The SMILES string of the molecule is CC(C)n1nccc1C(=O)NC(C(=O)Nc1cnn(C[C@@H]2C[C@@H](C(F)(F)F)NC2=O)c1)C(C1CC1)C1CC1. The topological polar surface area (TPSA) is 123 Å². The number of aromatic nitrogens is 4. The van der Waals surface area contributed by atoms with Crippen molar-refractivity contribution in [2.75, 3.05) is 5.32 Å². The van der Waals surface area contributed by atoms with Crippen molar-refractivity contribution in [3.8, 4) is 0 Å². The Morgan fingerprint density at radius 2 is 1.84 bits per heavy atom. The molecule has 5 rings (SSSR count). The van der Waals surface area contributed by atoms with Gasteiger partial charge in [0.2, 0.25) is 11.8 Å². The van der Waals surface area contributed by atoms with E-state index in [2.05, 4.69) is 20.8 Å². The maximum absolute atomic E-state index is 13.5. The monoisotopic (exact) mass is 535 g/mol. The number of nitrogens with one attached hydrogen (secondary N) is 3. The average molecular weight is 536 g/mol. The van der Waals surface area contributed by atoms with Gasteiger partial charge in [0.1, 0.15) is 17.8 Å². The third-order valence-corrected chi connectivity index (χ3v) is 7.59. The van der Waals surface area contributed by atoms with Gasteiger partial charge in [0.05, 0.1) is 24.3 Å². The molecule has 2 saturated carbocycles. The van der Waals surface area contributed by atoms with E-state index in [0.717, 1.165) is 25.7 Å². The van der Waals surface area contributed by atoms with E-state index in [1.807, 2.05) is 19.2 Å². The molecule has 0 radical (unpaired) electrons. The lowest BCUT2D eigenvalue weighted by Crippen LogP contribution is -2.50. The smallest absolute Gasteiger partial charge is 0.344 e. The van der Waals surface area contributed by atoms with E-state index < -0.39 is 30.1 Å². The number of nitrogens with zero attached hydrogens (tertiary/aromatic N) is 4. The fraction of sp³-hybridized carbons (Fsp3) is 0.640. The van der Waals surface area contributed by atoms with E-state index in [0.29, 0.717) is 23.2 Å². The van der Waals surface area contributed by atoms with Crippen molar-refractivity contribution in [2.45, 2.75) is 76.8 Å². The zero-order valence-electron chi connectivity index (χ0n) is 21.2. The summed E-state index contributed by atoms with van der Waals surface area (Å²) in [7, 11) is 0. The molecular formula is C25H32F3N7O3. The van der Waals surface area contributed by atoms with Crippen LogP contribution in [0.3, 0.4) is 0 Å².